The SMILES string of the molecule is N#Cc1ccc(N2CCn3ccnc3C2)c(F)c1Br. The van der Waals surface area contributed by atoms with Crippen LogP contribution < -0.4 is 4.90 Å². The lowest BCUT2D eigenvalue weighted by Gasteiger charge is -2.30. The second-order valence-corrected chi connectivity index (χ2v) is 5.12. The third-order valence-electron chi connectivity index (χ3n) is 3.27. The zero-order valence-corrected chi connectivity index (χ0v) is 11.6. The summed E-state index contributed by atoms with van der Waals surface area (Å²) in [5, 5.41) is 8.87. The highest BCUT2D eigenvalue weighted by atomic mass is 79.9. The zero-order chi connectivity index (χ0) is 13.4. The number of nitriles is 1. The van der Waals surface area contributed by atoms with Crippen LogP contribution in [0.1, 0.15) is 11.4 Å². The topological polar surface area (TPSA) is 44.9 Å². The minimum Gasteiger partial charge on any atom is -0.360 e. The van der Waals surface area contributed by atoms with Crippen LogP contribution in [0.3, 0.4) is 0 Å². The monoisotopic (exact) mass is 320 g/mol. The minimum absolute atomic E-state index is 0.224. The number of hydrogen-bond acceptors (Lipinski definition) is 3. The first-order valence-electron chi connectivity index (χ1n) is 5.84. The Labute approximate surface area is 118 Å². The highest BCUT2D eigenvalue weighted by Gasteiger charge is 2.21. The fourth-order valence-corrected chi connectivity index (χ4v) is 2.67. The van der Waals surface area contributed by atoms with Gasteiger partial charge in [0.2, 0.25) is 0 Å². The molecule has 2 heterocycles. The number of anilines is 1. The molecule has 0 amide bonds. The van der Waals surface area contributed by atoms with Gasteiger partial charge in [0, 0.05) is 25.5 Å². The van der Waals surface area contributed by atoms with Crippen LogP contribution in [0.4, 0.5) is 10.1 Å². The molecule has 0 saturated heterocycles. The van der Waals surface area contributed by atoms with Crippen molar-refractivity contribution in [3.05, 3.63) is 46.2 Å². The van der Waals surface area contributed by atoms with Gasteiger partial charge in [0.15, 0.2) is 5.82 Å². The maximum absolute atomic E-state index is 14.3. The molecule has 0 saturated carbocycles. The van der Waals surface area contributed by atoms with Crippen molar-refractivity contribution in [2.45, 2.75) is 13.1 Å². The summed E-state index contributed by atoms with van der Waals surface area (Å²) < 4.78 is 16.6. The quantitative estimate of drug-likeness (QED) is 0.811. The molecule has 3 rings (SSSR count). The van der Waals surface area contributed by atoms with Crippen molar-refractivity contribution in [1.82, 2.24) is 9.55 Å². The highest BCUT2D eigenvalue weighted by Crippen LogP contribution is 2.30. The molecule has 1 aromatic carbocycles. The van der Waals surface area contributed by atoms with E-state index in [4.69, 9.17) is 5.26 Å². The van der Waals surface area contributed by atoms with Crippen LogP contribution in [0.25, 0.3) is 0 Å². The third-order valence-corrected chi connectivity index (χ3v) is 4.04. The van der Waals surface area contributed by atoms with Crippen LogP contribution in [-0.4, -0.2) is 16.1 Å². The van der Waals surface area contributed by atoms with Crippen LogP contribution in [0.5, 0.6) is 0 Å². The normalized spacial score (nSPS) is 14.1. The van der Waals surface area contributed by atoms with Crippen molar-refractivity contribution in [2.75, 3.05) is 11.4 Å². The summed E-state index contributed by atoms with van der Waals surface area (Å²) in [5.41, 5.74) is 0.805. The van der Waals surface area contributed by atoms with E-state index in [9.17, 15) is 4.39 Å². The van der Waals surface area contributed by atoms with E-state index in [1.54, 1.807) is 18.3 Å². The van der Waals surface area contributed by atoms with Crippen LogP contribution >= 0.6 is 15.9 Å². The Morgan fingerprint density at radius 3 is 3.00 bits per heavy atom. The summed E-state index contributed by atoms with van der Waals surface area (Å²) in [6.07, 6.45) is 3.68. The van der Waals surface area contributed by atoms with Gasteiger partial charge in [-0.25, -0.2) is 9.37 Å². The minimum atomic E-state index is -0.390. The Hall–Kier alpha value is -1.87. The molecule has 0 bridgehead atoms. The van der Waals surface area contributed by atoms with Crippen molar-refractivity contribution in [3.63, 3.8) is 0 Å². The Kier molecular flexibility index (Phi) is 2.99. The largest absolute Gasteiger partial charge is 0.360 e. The Bertz CT molecular complexity index is 674. The summed E-state index contributed by atoms with van der Waals surface area (Å²) in [5.74, 6) is 0.533. The molecule has 1 aliphatic rings. The summed E-state index contributed by atoms with van der Waals surface area (Å²) in [6, 6.07) is 5.23. The molecule has 0 fully saturated rings. The van der Waals surface area contributed by atoms with Gasteiger partial charge in [-0.3, -0.25) is 0 Å². The second-order valence-electron chi connectivity index (χ2n) is 4.33. The van der Waals surface area contributed by atoms with Crippen molar-refractivity contribution in [3.8, 4) is 6.07 Å². The number of halogens is 2. The van der Waals surface area contributed by atoms with Crippen molar-refractivity contribution in [2.24, 2.45) is 0 Å². The van der Waals surface area contributed by atoms with Crippen molar-refractivity contribution in [1.29, 1.82) is 5.26 Å². The van der Waals surface area contributed by atoms with Crippen LogP contribution in [0.2, 0.25) is 0 Å². The second kappa shape index (κ2) is 4.67. The fourth-order valence-electron chi connectivity index (χ4n) is 2.25. The number of nitrogens with zero attached hydrogens (tertiary/aromatic N) is 4. The average molecular weight is 321 g/mol. The highest BCUT2D eigenvalue weighted by molar-refractivity contribution is 9.10. The zero-order valence-electron chi connectivity index (χ0n) is 9.98. The fraction of sp³-hybridized carbons (Fsp3) is 0.231. The smallest absolute Gasteiger partial charge is 0.161 e. The third kappa shape index (κ3) is 2.00. The molecule has 0 unspecified atom stereocenters. The molecule has 6 heteroatoms. The first-order chi connectivity index (χ1) is 9.20. The van der Waals surface area contributed by atoms with Gasteiger partial charge in [0.1, 0.15) is 11.9 Å². The lowest BCUT2D eigenvalue weighted by Crippen LogP contribution is -2.34. The maximum atomic E-state index is 14.3. The molecule has 1 aliphatic heterocycles. The van der Waals surface area contributed by atoms with E-state index in [-0.39, 0.29) is 10.3 Å². The molecule has 2 aromatic rings. The van der Waals surface area contributed by atoms with Crippen LogP contribution in [0, 0.1) is 17.1 Å². The van der Waals surface area contributed by atoms with Crippen LogP contribution in [-0.2, 0) is 13.1 Å². The molecule has 19 heavy (non-hydrogen) atoms. The standard InChI is InChI=1S/C13H10BrFN4/c14-12-9(7-16)1-2-10(13(12)15)19-6-5-18-4-3-17-11(18)8-19/h1-4H,5-6,8H2. The predicted molar refractivity (Wildman–Crippen MR) is 72.1 cm³/mol. The number of benzene rings is 1. The number of imidazole rings is 1. The molecule has 4 nitrogen and oxygen atoms in total. The van der Waals surface area contributed by atoms with Gasteiger partial charge < -0.3 is 9.47 Å². The number of fused-ring (bicyclic) bond motifs is 1. The molecule has 0 aliphatic carbocycles. The Morgan fingerprint density at radius 2 is 2.21 bits per heavy atom. The molecule has 0 spiro atoms. The lowest BCUT2D eigenvalue weighted by molar-refractivity contribution is 0.542. The van der Waals surface area contributed by atoms with E-state index in [1.807, 2.05) is 17.2 Å². The van der Waals surface area contributed by atoms with E-state index in [1.165, 1.54) is 0 Å². The average Bonchev–Trinajstić information content (AvgIpc) is 2.89. The predicted octanol–water partition coefficient (Wildman–Crippen LogP) is 2.68. The van der Waals surface area contributed by atoms with Crippen LogP contribution in [0.15, 0.2) is 29.0 Å². The Morgan fingerprint density at radius 1 is 1.37 bits per heavy atom. The Balaban J connectivity index is 1.97. The molecular weight excluding hydrogens is 311 g/mol. The van der Waals surface area contributed by atoms with Gasteiger partial charge in [0.05, 0.1) is 22.3 Å². The maximum Gasteiger partial charge on any atom is 0.161 e. The van der Waals surface area contributed by atoms with E-state index < -0.39 is 0 Å². The van der Waals surface area contributed by atoms with Crippen molar-refractivity contribution >= 4 is 21.6 Å². The summed E-state index contributed by atoms with van der Waals surface area (Å²) >= 11 is 3.14. The first-order valence-corrected chi connectivity index (χ1v) is 6.63. The molecule has 0 atom stereocenters. The van der Waals surface area contributed by atoms with Gasteiger partial charge in [-0.15, -0.1) is 0 Å². The number of rotatable bonds is 1. The van der Waals surface area contributed by atoms with E-state index in [2.05, 4.69) is 25.5 Å². The van der Waals surface area contributed by atoms with Gasteiger partial charge in [0.25, 0.3) is 0 Å². The number of aromatic nitrogens is 2. The summed E-state index contributed by atoms with van der Waals surface area (Å²) in [6.45, 7) is 2.08. The molecule has 96 valence electrons. The molecule has 0 N–H and O–H groups in total. The lowest BCUT2D eigenvalue weighted by atomic mass is 10.2. The van der Waals surface area contributed by atoms with Gasteiger partial charge in [-0.05, 0) is 28.1 Å². The van der Waals surface area contributed by atoms with E-state index in [0.717, 1.165) is 18.9 Å². The van der Waals surface area contributed by atoms with Crippen molar-refractivity contribution < 1.29 is 4.39 Å². The molecule has 0 radical (unpaired) electrons. The molecule has 1 aromatic heterocycles. The first kappa shape index (κ1) is 12.2. The molecular formula is C13H10BrFN4. The van der Waals surface area contributed by atoms with Gasteiger partial charge in [-0.2, -0.15) is 5.26 Å². The summed E-state index contributed by atoms with van der Waals surface area (Å²) in [4.78, 5) is 6.19. The number of hydrogen-bond donors (Lipinski definition) is 0. The van der Waals surface area contributed by atoms with E-state index in [0.29, 0.717) is 17.8 Å². The van der Waals surface area contributed by atoms with E-state index >= 15 is 0 Å². The van der Waals surface area contributed by atoms with Gasteiger partial charge >= 0.3 is 0 Å². The summed E-state index contributed by atoms with van der Waals surface area (Å²) in [7, 11) is 0. The van der Waals surface area contributed by atoms with Gasteiger partial charge in [-0.1, -0.05) is 0 Å².